The summed E-state index contributed by atoms with van der Waals surface area (Å²) in [6.07, 6.45) is 1.02. The van der Waals surface area contributed by atoms with Crippen LogP contribution in [0.25, 0.3) is 0 Å². The van der Waals surface area contributed by atoms with Crippen LogP contribution < -0.4 is 11.2 Å². The summed E-state index contributed by atoms with van der Waals surface area (Å²) in [5, 5.41) is 0. The van der Waals surface area contributed by atoms with Gasteiger partial charge in [0.15, 0.2) is 6.71 Å². The minimum atomic E-state index is 0.588. The molecule has 0 spiro atoms. The average Bonchev–Trinajstić information content (AvgIpc) is 2.09. The summed E-state index contributed by atoms with van der Waals surface area (Å²) in [6, 6.07) is 4.42. The highest BCUT2D eigenvalue weighted by molar-refractivity contribution is 6.70. The lowest BCUT2D eigenvalue weighted by Gasteiger charge is -2.11. The molecule has 0 aliphatic carbocycles. The van der Waals surface area contributed by atoms with E-state index in [0.717, 1.165) is 12.1 Å². The van der Waals surface area contributed by atoms with Crippen molar-refractivity contribution in [1.29, 1.82) is 0 Å². The molecule has 2 heteroatoms. The number of benzene rings is 1. The fraction of sp³-hybridized carbons (Fsp3) is 0.455. The Morgan fingerprint density at radius 2 is 1.92 bits per heavy atom. The number of hydrogen-bond acceptors (Lipinski definition) is 1. The summed E-state index contributed by atoms with van der Waals surface area (Å²) in [4.78, 5) is 0. The topological polar surface area (TPSA) is 26.0 Å². The van der Waals surface area contributed by atoms with Crippen molar-refractivity contribution in [2.75, 3.05) is 5.73 Å². The first kappa shape index (κ1) is 10.2. The van der Waals surface area contributed by atoms with Gasteiger partial charge in [-0.1, -0.05) is 38.2 Å². The van der Waals surface area contributed by atoms with Crippen LogP contribution in [0.3, 0.4) is 0 Å². The molecule has 0 aliphatic heterocycles. The molecule has 0 aromatic heterocycles. The molecule has 1 aromatic carbocycles. The highest BCUT2D eigenvalue weighted by Crippen LogP contribution is 2.15. The third kappa shape index (κ3) is 2.06. The van der Waals surface area contributed by atoms with Gasteiger partial charge in [0.2, 0.25) is 0 Å². The van der Waals surface area contributed by atoms with Crippen molar-refractivity contribution in [2.45, 2.75) is 33.9 Å². The Labute approximate surface area is 81.4 Å². The summed E-state index contributed by atoms with van der Waals surface area (Å²) in [5.74, 6) is 0. The van der Waals surface area contributed by atoms with Gasteiger partial charge >= 0.3 is 0 Å². The quantitative estimate of drug-likeness (QED) is 0.540. The molecule has 0 radical (unpaired) electrons. The van der Waals surface area contributed by atoms with Crippen LogP contribution in [-0.4, -0.2) is 6.71 Å². The van der Waals surface area contributed by atoms with E-state index in [2.05, 4.69) is 39.6 Å². The minimum absolute atomic E-state index is 0.588. The Hall–Kier alpha value is -0.915. The van der Waals surface area contributed by atoms with Gasteiger partial charge in [0.05, 0.1) is 0 Å². The third-order valence-electron chi connectivity index (χ3n) is 2.54. The molecule has 0 bridgehead atoms. The van der Waals surface area contributed by atoms with Gasteiger partial charge in [-0.25, -0.2) is 0 Å². The highest BCUT2D eigenvalue weighted by atomic mass is 14.6. The lowest BCUT2D eigenvalue weighted by molar-refractivity contribution is 1.14. The van der Waals surface area contributed by atoms with E-state index in [9.17, 15) is 0 Å². The zero-order valence-electron chi connectivity index (χ0n) is 9.02. The van der Waals surface area contributed by atoms with Crippen LogP contribution in [0.1, 0.15) is 18.1 Å². The highest BCUT2D eigenvalue weighted by Gasteiger charge is 2.07. The number of anilines is 1. The molecule has 2 N–H and O–H groups in total. The first-order valence-electron chi connectivity index (χ1n) is 4.95. The fourth-order valence-corrected chi connectivity index (χ4v) is 1.53. The number of hydrogen-bond donors (Lipinski definition) is 1. The SMILES string of the molecule is CCc1cc(B(C)C)cc(C)c1N. The van der Waals surface area contributed by atoms with Crippen molar-refractivity contribution in [3.63, 3.8) is 0 Å². The smallest absolute Gasteiger partial charge is 0.169 e. The van der Waals surface area contributed by atoms with E-state index in [1.54, 1.807) is 0 Å². The second kappa shape index (κ2) is 3.86. The van der Waals surface area contributed by atoms with Crippen molar-refractivity contribution < 1.29 is 0 Å². The van der Waals surface area contributed by atoms with Crippen LogP contribution >= 0.6 is 0 Å². The second-order valence-electron chi connectivity index (χ2n) is 3.92. The molecule has 0 saturated heterocycles. The average molecular weight is 175 g/mol. The first-order chi connectivity index (χ1) is 6.06. The Morgan fingerprint density at radius 1 is 1.31 bits per heavy atom. The molecule has 0 saturated carbocycles. The monoisotopic (exact) mass is 175 g/mol. The van der Waals surface area contributed by atoms with Gasteiger partial charge in [0, 0.05) is 5.69 Å². The van der Waals surface area contributed by atoms with Crippen molar-refractivity contribution >= 4 is 17.9 Å². The molecule has 0 fully saturated rings. The van der Waals surface area contributed by atoms with E-state index in [1.165, 1.54) is 16.6 Å². The van der Waals surface area contributed by atoms with Crippen LogP contribution in [0.4, 0.5) is 5.69 Å². The number of nitrogens with two attached hydrogens (primary N) is 1. The summed E-state index contributed by atoms with van der Waals surface area (Å²) in [6.45, 7) is 9.24. The minimum Gasteiger partial charge on any atom is -0.398 e. The molecule has 13 heavy (non-hydrogen) atoms. The molecule has 1 rings (SSSR count). The molecule has 0 aliphatic rings. The van der Waals surface area contributed by atoms with Crippen LogP contribution in [0.15, 0.2) is 12.1 Å². The van der Waals surface area contributed by atoms with Crippen LogP contribution in [0.5, 0.6) is 0 Å². The van der Waals surface area contributed by atoms with Crippen molar-refractivity contribution in [1.82, 2.24) is 0 Å². The van der Waals surface area contributed by atoms with E-state index in [-0.39, 0.29) is 0 Å². The van der Waals surface area contributed by atoms with Crippen LogP contribution in [-0.2, 0) is 6.42 Å². The van der Waals surface area contributed by atoms with Gasteiger partial charge in [-0.3, -0.25) is 0 Å². The van der Waals surface area contributed by atoms with Gasteiger partial charge in [-0.05, 0) is 24.5 Å². The van der Waals surface area contributed by atoms with E-state index < -0.39 is 0 Å². The Morgan fingerprint density at radius 3 is 2.38 bits per heavy atom. The molecule has 0 amide bonds. The normalized spacial score (nSPS) is 10.2. The van der Waals surface area contributed by atoms with Crippen LogP contribution in [0, 0.1) is 6.92 Å². The summed E-state index contributed by atoms with van der Waals surface area (Å²) in [5.41, 5.74) is 10.8. The molecular weight excluding hydrogens is 157 g/mol. The standard InChI is InChI=1S/C11H18BN/c1-5-9-7-10(12(3)4)6-8(2)11(9)13/h6-7H,5,13H2,1-4H3. The number of rotatable bonds is 2. The predicted molar refractivity (Wildman–Crippen MR) is 62.1 cm³/mol. The van der Waals surface area contributed by atoms with Crippen molar-refractivity contribution in [3.8, 4) is 0 Å². The Bertz CT molecular complexity index is 305. The van der Waals surface area contributed by atoms with Gasteiger partial charge in [0.1, 0.15) is 0 Å². The molecule has 70 valence electrons. The molecule has 1 nitrogen and oxygen atoms in total. The number of nitrogen functional groups attached to an aromatic ring is 1. The zero-order chi connectivity index (χ0) is 10.0. The van der Waals surface area contributed by atoms with Gasteiger partial charge < -0.3 is 5.73 Å². The second-order valence-corrected chi connectivity index (χ2v) is 3.92. The molecule has 0 unspecified atom stereocenters. The van der Waals surface area contributed by atoms with E-state index in [0.29, 0.717) is 6.71 Å². The maximum Gasteiger partial charge on any atom is 0.169 e. The first-order valence-corrected chi connectivity index (χ1v) is 4.95. The summed E-state index contributed by atoms with van der Waals surface area (Å²) < 4.78 is 0. The molecule has 1 aromatic rings. The van der Waals surface area contributed by atoms with E-state index in [1.807, 2.05) is 0 Å². The predicted octanol–water partition coefficient (Wildman–Crippen LogP) is 2.10. The van der Waals surface area contributed by atoms with Crippen LogP contribution in [0.2, 0.25) is 13.6 Å². The summed E-state index contributed by atoms with van der Waals surface area (Å²) >= 11 is 0. The molecular formula is C11H18BN. The van der Waals surface area contributed by atoms with Gasteiger partial charge in [-0.2, -0.15) is 0 Å². The van der Waals surface area contributed by atoms with Gasteiger partial charge in [-0.15, -0.1) is 0 Å². The van der Waals surface area contributed by atoms with E-state index in [4.69, 9.17) is 5.73 Å². The maximum absolute atomic E-state index is 5.96. The Balaban J connectivity index is 3.22. The third-order valence-corrected chi connectivity index (χ3v) is 2.54. The lowest BCUT2D eigenvalue weighted by Crippen LogP contribution is -2.24. The fourth-order valence-electron chi connectivity index (χ4n) is 1.53. The largest absolute Gasteiger partial charge is 0.398 e. The van der Waals surface area contributed by atoms with E-state index >= 15 is 0 Å². The summed E-state index contributed by atoms with van der Waals surface area (Å²) in [7, 11) is 0. The number of aryl methyl sites for hydroxylation is 2. The molecule has 0 atom stereocenters. The lowest BCUT2D eigenvalue weighted by atomic mass is 9.49. The maximum atomic E-state index is 5.96. The Kier molecular flexibility index (Phi) is 3.02. The zero-order valence-corrected chi connectivity index (χ0v) is 9.02. The van der Waals surface area contributed by atoms with Gasteiger partial charge in [0.25, 0.3) is 0 Å². The van der Waals surface area contributed by atoms with Crippen molar-refractivity contribution in [3.05, 3.63) is 23.3 Å². The molecule has 0 heterocycles. The van der Waals surface area contributed by atoms with Crippen molar-refractivity contribution in [2.24, 2.45) is 0 Å².